The number of nitrogens with two attached hydrogens (primary N) is 1. The fourth-order valence-electron chi connectivity index (χ4n) is 2.13. The summed E-state index contributed by atoms with van der Waals surface area (Å²) in [6, 6.07) is 9.89. The topological polar surface area (TPSA) is 53.1 Å². The highest BCUT2D eigenvalue weighted by molar-refractivity contribution is 9.10. The number of aromatic nitrogens is 2. The second-order valence-electron chi connectivity index (χ2n) is 4.26. The third kappa shape index (κ3) is 2.02. The fraction of sp³-hybridized carbons (Fsp3) is 0.0714. The number of rotatable bonds is 2. The summed E-state index contributed by atoms with van der Waals surface area (Å²) >= 11 is 3.39. The van der Waals surface area contributed by atoms with Gasteiger partial charge in [0.05, 0.1) is 28.3 Å². The van der Waals surface area contributed by atoms with Crippen LogP contribution in [0.2, 0.25) is 0 Å². The summed E-state index contributed by atoms with van der Waals surface area (Å²) in [7, 11) is 1.58. The average molecular weight is 336 g/mol. The Morgan fingerprint density at radius 3 is 2.80 bits per heavy atom. The van der Waals surface area contributed by atoms with Crippen LogP contribution in [0, 0.1) is 5.82 Å². The molecule has 4 nitrogen and oxygen atoms in total. The maximum atomic E-state index is 13.4. The van der Waals surface area contributed by atoms with Crippen molar-refractivity contribution < 1.29 is 9.13 Å². The summed E-state index contributed by atoms with van der Waals surface area (Å²) < 4.78 is 21.2. The van der Waals surface area contributed by atoms with Crippen molar-refractivity contribution in [2.45, 2.75) is 0 Å². The van der Waals surface area contributed by atoms with Gasteiger partial charge in [-0.3, -0.25) is 4.57 Å². The van der Waals surface area contributed by atoms with Gasteiger partial charge in [0.1, 0.15) is 11.6 Å². The van der Waals surface area contributed by atoms with E-state index in [-0.39, 0.29) is 5.82 Å². The van der Waals surface area contributed by atoms with Crippen molar-refractivity contribution >= 4 is 32.9 Å². The number of hydrogen-bond acceptors (Lipinski definition) is 3. The van der Waals surface area contributed by atoms with Crippen LogP contribution in [0.4, 0.5) is 10.3 Å². The molecule has 1 aromatic heterocycles. The van der Waals surface area contributed by atoms with Crippen molar-refractivity contribution in [1.82, 2.24) is 9.55 Å². The van der Waals surface area contributed by atoms with Crippen LogP contribution in [0.1, 0.15) is 0 Å². The van der Waals surface area contributed by atoms with Gasteiger partial charge in [-0.25, -0.2) is 9.37 Å². The van der Waals surface area contributed by atoms with Gasteiger partial charge in [-0.05, 0) is 40.2 Å². The Kier molecular flexibility index (Phi) is 3.10. The number of halogens is 2. The predicted molar refractivity (Wildman–Crippen MR) is 79.7 cm³/mol. The van der Waals surface area contributed by atoms with Gasteiger partial charge in [-0.1, -0.05) is 0 Å². The molecule has 2 aromatic carbocycles. The number of anilines is 1. The van der Waals surface area contributed by atoms with Crippen molar-refractivity contribution in [3.05, 3.63) is 46.7 Å². The smallest absolute Gasteiger partial charge is 0.205 e. The van der Waals surface area contributed by atoms with Gasteiger partial charge < -0.3 is 10.5 Å². The van der Waals surface area contributed by atoms with Gasteiger partial charge >= 0.3 is 0 Å². The first-order valence-corrected chi connectivity index (χ1v) is 6.67. The molecule has 0 aliphatic rings. The molecule has 0 saturated carbocycles. The molecule has 0 amide bonds. The lowest BCUT2D eigenvalue weighted by atomic mass is 10.2. The summed E-state index contributed by atoms with van der Waals surface area (Å²) in [6.45, 7) is 0. The van der Waals surface area contributed by atoms with Gasteiger partial charge in [0.2, 0.25) is 5.95 Å². The lowest BCUT2D eigenvalue weighted by Crippen LogP contribution is -2.01. The highest BCUT2D eigenvalue weighted by Gasteiger charge is 2.12. The van der Waals surface area contributed by atoms with E-state index in [4.69, 9.17) is 10.5 Å². The van der Waals surface area contributed by atoms with E-state index in [1.807, 2.05) is 18.2 Å². The summed E-state index contributed by atoms with van der Waals surface area (Å²) in [5.74, 6) is 0.637. The maximum Gasteiger partial charge on any atom is 0.205 e. The van der Waals surface area contributed by atoms with E-state index in [1.165, 1.54) is 12.1 Å². The Balaban J connectivity index is 2.28. The summed E-state index contributed by atoms with van der Waals surface area (Å²) in [6.07, 6.45) is 0. The minimum absolute atomic E-state index is 0.301. The molecule has 0 spiro atoms. The van der Waals surface area contributed by atoms with E-state index in [0.29, 0.717) is 22.7 Å². The number of nitrogen functional groups attached to an aromatic ring is 1. The molecule has 3 aromatic rings. The third-order valence-electron chi connectivity index (χ3n) is 3.04. The summed E-state index contributed by atoms with van der Waals surface area (Å²) in [4.78, 5) is 4.23. The lowest BCUT2D eigenvalue weighted by Gasteiger charge is -2.10. The number of nitrogens with zero attached hydrogens (tertiary/aromatic N) is 2. The fourth-order valence-corrected chi connectivity index (χ4v) is 2.53. The van der Waals surface area contributed by atoms with Crippen LogP contribution in [0.5, 0.6) is 5.75 Å². The van der Waals surface area contributed by atoms with E-state index >= 15 is 0 Å². The molecule has 2 N–H and O–H groups in total. The van der Waals surface area contributed by atoms with Crippen molar-refractivity contribution in [2.24, 2.45) is 0 Å². The molecule has 0 bridgehead atoms. The molecular formula is C14H11BrFN3O. The highest BCUT2D eigenvalue weighted by atomic mass is 79.9. The molecule has 0 fully saturated rings. The second kappa shape index (κ2) is 4.79. The number of fused-ring (bicyclic) bond motifs is 1. The summed E-state index contributed by atoms with van der Waals surface area (Å²) in [5, 5.41) is 0. The molecule has 1 heterocycles. The minimum atomic E-state index is -0.331. The Labute approximate surface area is 123 Å². The molecular weight excluding hydrogens is 325 g/mol. The number of benzene rings is 2. The standard InChI is InChI=1S/C14H11BrFN3O/c1-20-13-7-9(3-4-10(13)15)19-12-6-8(16)2-5-11(12)18-14(19)17/h2-7H,1H3,(H2,17,18). The molecule has 102 valence electrons. The van der Waals surface area contributed by atoms with Crippen molar-refractivity contribution in [3.8, 4) is 11.4 Å². The molecule has 0 saturated heterocycles. The monoisotopic (exact) mass is 335 g/mol. The molecule has 0 unspecified atom stereocenters. The first kappa shape index (κ1) is 12.9. The molecule has 0 radical (unpaired) electrons. The number of methoxy groups -OCH3 is 1. The zero-order chi connectivity index (χ0) is 14.3. The van der Waals surface area contributed by atoms with E-state index in [0.717, 1.165) is 10.2 Å². The van der Waals surface area contributed by atoms with Crippen LogP contribution >= 0.6 is 15.9 Å². The van der Waals surface area contributed by atoms with Gasteiger partial charge in [-0.15, -0.1) is 0 Å². The Hall–Kier alpha value is -2.08. The number of hydrogen-bond donors (Lipinski definition) is 1. The van der Waals surface area contributed by atoms with E-state index in [1.54, 1.807) is 17.7 Å². The predicted octanol–water partition coefficient (Wildman–Crippen LogP) is 3.52. The Bertz CT molecular complexity index is 800. The quantitative estimate of drug-likeness (QED) is 0.779. The highest BCUT2D eigenvalue weighted by Crippen LogP contribution is 2.30. The maximum absolute atomic E-state index is 13.4. The first-order valence-electron chi connectivity index (χ1n) is 5.87. The van der Waals surface area contributed by atoms with Gasteiger partial charge in [0.15, 0.2) is 0 Å². The van der Waals surface area contributed by atoms with E-state index in [2.05, 4.69) is 20.9 Å². The normalized spacial score (nSPS) is 10.9. The first-order chi connectivity index (χ1) is 9.60. The molecule has 0 atom stereocenters. The number of imidazole rings is 1. The number of ether oxygens (including phenoxy) is 1. The van der Waals surface area contributed by atoms with Crippen molar-refractivity contribution in [1.29, 1.82) is 0 Å². The third-order valence-corrected chi connectivity index (χ3v) is 3.69. The van der Waals surface area contributed by atoms with E-state index in [9.17, 15) is 4.39 Å². The van der Waals surface area contributed by atoms with Crippen LogP contribution in [-0.2, 0) is 0 Å². The lowest BCUT2D eigenvalue weighted by molar-refractivity contribution is 0.412. The molecule has 6 heteroatoms. The van der Waals surface area contributed by atoms with Crippen molar-refractivity contribution in [2.75, 3.05) is 12.8 Å². The zero-order valence-electron chi connectivity index (χ0n) is 10.6. The average Bonchev–Trinajstić information content (AvgIpc) is 2.75. The van der Waals surface area contributed by atoms with E-state index < -0.39 is 0 Å². The zero-order valence-corrected chi connectivity index (χ0v) is 12.2. The van der Waals surface area contributed by atoms with Gasteiger partial charge in [0.25, 0.3) is 0 Å². The van der Waals surface area contributed by atoms with Gasteiger partial charge in [0, 0.05) is 12.1 Å². The van der Waals surface area contributed by atoms with Crippen LogP contribution in [0.15, 0.2) is 40.9 Å². The summed E-state index contributed by atoms with van der Waals surface area (Å²) in [5.41, 5.74) is 7.96. The van der Waals surface area contributed by atoms with Crippen LogP contribution in [0.3, 0.4) is 0 Å². The second-order valence-corrected chi connectivity index (χ2v) is 5.11. The van der Waals surface area contributed by atoms with Crippen LogP contribution < -0.4 is 10.5 Å². The molecule has 20 heavy (non-hydrogen) atoms. The minimum Gasteiger partial charge on any atom is -0.495 e. The van der Waals surface area contributed by atoms with Crippen LogP contribution in [0.25, 0.3) is 16.7 Å². The molecule has 0 aliphatic carbocycles. The van der Waals surface area contributed by atoms with Crippen molar-refractivity contribution in [3.63, 3.8) is 0 Å². The molecule has 0 aliphatic heterocycles. The molecule has 3 rings (SSSR count). The Morgan fingerprint density at radius 2 is 2.05 bits per heavy atom. The largest absolute Gasteiger partial charge is 0.495 e. The Morgan fingerprint density at radius 1 is 1.25 bits per heavy atom. The SMILES string of the molecule is COc1cc(-n2c(N)nc3ccc(F)cc32)ccc1Br. The van der Waals surface area contributed by atoms with Crippen LogP contribution in [-0.4, -0.2) is 16.7 Å². The van der Waals surface area contributed by atoms with Gasteiger partial charge in [-0.2, -0.15) is 0 Å².